The lowest BCUT2D eigenvalue weighted by Crippen LogP contribution is -2.14. The molecule has 0 saturated heterocycles. The van der Waals surface area contributed by atoms with E-state index in [9.17, 15) is 4.79 Å². The number of benzene rings is 1. The van der Waals surface area contributed by atoms with E-state index >= 15 is 0 Å². The number of halogens is 1. The maximum atomic E-state index is 12.5. The van der Waals surface area contributed by atoms with Crippen molar-refractivity contribution in [2.75, 3.05) is 5.32 Å². The van der Waals surface area contributed by atoms with E-state index in [1.165, 1.54) is 0 Å². The van der Waals surface area contributed by atoms with E-state index in [4.69, 9.17) is 4.74 Å². The van der Waals surface area contributed by atoms with Crippen molar-refractivity contribution >= 4 is 27.5 Å². The number of nitrogens with one attached hydrogen (secondary N) is 1. The summed E-state index contributed by atoms with van der Waals surface area (Å²) >= 11 is 3.39. The minimum Gasteiger partial charge on any atom is -0.471 e. The molecule has 1 N–H and O–H groups in total. The number of aromatic nitrogens is 6. The Morgan fingerprint density at radius 1 is 1.13 bits per heavy atom. The van der Waals surface area contributed by atoms with Crippen LogP contribution in [0.15, 0.2) is 59.6 Å². The Bertz CT molecular complexity index is 1180. The van der Waals surface area contributed by atoms with Gasteiger partial charge in [-0.1, -0.05) is 15.9 Å². The molecule has 0 aliphatic rings. The van der Waals surface area contributed by atoms with Crippen LogP contribution in [0, 0.1) is 6.92 Å². The Hall–Kier alpha value is -3.40. The minimum atomic E-state index is -0.308. The van der Waals surface area contributed by atoms with E-state index in [1.807, 2.05) is 42.1 Å². The largest absolute Gasteiger partial charge is 0.471 e. The van der Waals surface area contributed by atoms with Gasteiger partial charge in [-0.15, -0.1) is 0 Å². The van der Waals surface area contributed by atoms with Gasteiger partial charge in [0, 0.05) is 34.7 Å². The van der Waals surface area contributed by atoms with E-state index in [0.29, 0.717) is 17.9 Å². The van der Waals surface area contributed by atoms with Crippen LogP contribution in [-0.2, 0) is 19.8 Å². The molecule has 9 nitrogen and oxygen atoms in total. The van der Waals surface area contributed by atoms with Crippen LogP contribution in [0.25, 0.3) is 0 Å². The zero-order valence-corrected chi connectivity index (χ0v) is 18.8. The molecule has 1 aromatic carbocycles. The van der Waals surface area contributed by atoms with Gasteiger partial charge in [-0.25, -0.2) is 4.68 Å². The molecule has 160 valence electrons. The highest BCUT2D eigenvalue weighted by Gasteiger charge is 2.12. The maximum Gasteiger partial charge on any atom is 0.276 e. The third kappa shape index (κ3) is 5.02. The molecule has 0 bridgehead atoms. The van der Waals surface area contributed by atoms with Crippen molar-refractivity contribution in [3.63, 3.8) is 0 Å². The van der Waals surface area contributed by atoms with Crippen molar-refractivity contribution < 1.29 is 9.53 Å². The van der Waals surface area contributed by atoms with Gasteiger partial charge in [-0.3, -0.25) is 14.2 Å². The summed E-state index contributed by atoms with van der Waals surface area (Å²) in [6.45, 7) is 5.71. The zero-order chi connectivity index (χ0) is 21.8. The number of nitrogens with zero attached hydrogens (tertiary/aromatic N) is 6. The Balaban J connectivity index is 1.33. The van der Waals surface area contributed by atoms with Gasteiger partial charge < -0.3 is 10.1 Å². The zero-order valence-electron chi connectivity index (χ0n) is 17.2. The summed E-state index contributed by atoms with van der Waals surface area (Å²) in [5, 5.41) is 15.8. The monoisotopic (exact) mass is 483 g/mol. The number of aryl methyl sites for hydroxylation is 1. The number of hydrogen-bond acceptors (Lipinski definition) is 5. The van der Waals surface area contributed by atoms with Crippen LogP contribution in [0.5, 0.6) is 5.75 Å². The molecule has 0 atom stereocenters. The Morgan fingerprint density at radius 3 is 2.68 bits per heavy atom. The van der Waals surface area contributed by atoms with Gasteiger partial charge in [0.2, 0.25) is 0 Å². The molecule has 0 saturated carbocycles. The number of carbonyl (C=O) groups is 1. The first kappa shape index (κ1) is 20.9. The summed E-state index contributed by atoms with van der Waals surface area (Å²) in [6.07, 6.45) is 6.95. The molecule has 0 aliphatic heterocycles. The number of ether oxygens (including phenoxy) is 1. The van der Waals surface area contributed by atoms with Crippen LogP contribution < -0.4 is 10.1 Å². The number of rotatable bonds is 8. The van der Waals surface area contributed by atoms with Crippen molar-refractivity contribution in [1.29, 1.82) is 0 Å². The molecule has 0 unspecified atom stereocenters. The molecule has 0 radical (unpaired) electrons. The summed E-state index contributed by atoms with van der Waals surface area (Å²) < 4.78 is 11.9. The van der Waals surface area contributed by atoms with Crippen molar-refractivity contribution in [2.24, 2.45) is 0 Å². The van der Waals surface area contributed by atoms with E-state index in [1.54, 1.807) is 34.0 Å². The van der Waals surface area contributed by atoms with Gasteiger partial charge in [0.15, 0.2) is 12.4 Å². The second-order valence-corrected chi connectivity index (χ2v) is 7.84. The molecule has 0 fully saturated rings. The second-order valence-electron chi connectivity index (χ2n) is 6.92. The fourth-order valence-electron chi connectivity index (χ4n) is 3.07. The number of anilines is 1. The lowest BCUT2D eigenvalue weighted by Gasteiger charge is -2.06. The lowest BCUT2D eigenvalue weighted by molar-refractivity contribution is 0.102. The average Bonchev–Trinajstić information content (AvgIpc) is 3.49. The third-order valence-electron chi connectivity index (χ3n) is 4.78. The van der Waals surface area contributed by atoms with Crippen molar-refractivity contribution in [1.82, 2.24) is 29.3 Å². The molecule has 4 aromatic rings. The maximum absolute atomic E-state index is 12.5. The molecule has 0 aliphatic carbocycles. The molecule has 31 heavy (non-hydrogen) atoms. The summed E-state index contributed by atoms with van der Waals surface area (Å²) in [5.74, 6) is 0.411. The van der Waals surface area contributed by atoms with E-state index in [-0.39, 0.29) is 12.6 Å². The first-order valence-electron chi connectivity index (χ1n) is 9.78. The predicted octanol–water partition coefficient (Wildman–Crippen LogP) is 3.70. The first-order valence-corrected chi connectivity index (χ1v) is 10.6. The Labute approximate surface area is 187 Å². The molecule has 10 heteroatoms. The van der Waals surface area contributed by atoms with Gasteiger partial charge in [-0.2, -0.15) is 15.3 Å². The van der Waals surface area contributed by atoms with Gasteiger partial charge in [0.1, 0.15) is 5.75 Å². The van der Waals surface area contributed by atoms with Crippen molar-refractivity contribution in [2.45, 2.75) is 33.7 Å². The topological polar surface area (TPSA) is 91.8 Å². The molecule has 1 amide bonds. The standard InChI is InChI=1S/C21H22BrN7O2/c1-3-29-15(2)16(10-24-29)12-28-13-18(11-23-28)25-21(30)20-8-9-27(26-20)14-31-19-6-4-17(22)5-7-19/h4-11,13H,3,12,14H2,1-2H3,(H,25,30). The molecular formula is C21H22BrN7O2. The number of amides is 1. The first-order chi connectivity index (χ1) is 15.0. The number of carbonyl (C=O) groups excluding carboxylic acids is 1. The van der Waals surface area contributed by atoms with Gasteiger partial charge in [0.25, 0.3) is 5.91 Å². The Kier molecular flexibility index (Phi) is 6.17. The van der Waals surface area contributed by atoms with Crippen LogP contribution in [0.3, 0.4) is 0 Å². The summed E-state index contributed by atoms with van der Waals surface area (Å²) in [6, 6.07) is 9.15. The van der Waals surface area contributed by atoms with Crippen molar-refractivity contribution in [3.05, 3.63) is 76.5 Å². The van der Waals surface area contributed by atoms with Gasteiger partial charge in [-0.05, 0) is 44.2 Å². The van der Waals surface area contributed by atoms with Gasteiger partial charge >= 0.3 is 0 Å². The average molecular weight is 484 g/mol. The summed E-state index contributed by atoms with van der Waals surface area (Å²) in [7, 11) is 0. The highest BCUT2D eigenvalue weighted by Crippen LogP contribution is 2.16. The van der Waals surface area contributed by atoms with Gasteiger partial charge in [0.05, 0.1) is 24.6 Å². The smallest absolute Gasteiger partial charge is 0.276 e. The highest BCUT2D eigenvalue weighted by molar-refractivity contribution is 9.10. The van der Waals surface area contributed by atoms with Crippen LogP contribution in [0.4, 0.5) is 5.69 Å². The summed E-state index contributed by atoms with van der Waals surface area (Å²) in [5.41, 5.74) is 3.10. The molecule has 3 heterocycles. The van der Waals surface area contributed by atoms with Crippen LogP contribution in [0.1, 0.15) is 28.7 Å². The van der Waals surface area contributed by atoms with Crippen LogP contribution in [0.2, 0.25) is 0 Å². The van der Waals surface area contributed by atoms with Crippen LogP contribution >= 0.6 is 15.9 Å². The van der Waals surface area contributed by atoms with Crippen molar-refractivity contribution in [3.8, 4) is 5.75 Å². The normalized spacial score (nSPS) is 10.9. The van der Waals surface area contributed by atoms with Crippen LogP contribution in [-0.4, -0.2) is 35.2 Å². The lowest BCUT2D eigenvalue weighted by atomic mass is 10.2. The molecule has 4 rings (SSSR count). The number of hydrogen-bond donors (Lipinski definition) is 1. The molecule has 3 aromatic heterocycles. The SMILES string of the molecule is CCn1ncc(Cn2cc(NC(=O)c3ccn(COc4ccc(Br)cc4)n3)cn2)c1C. The van der Waals surface area contributed by atoms with E-state index in [2.05, 4.69) is 43.5 Å². The predicted molar refractivity (Wildman–Crippen MR) is 119 cm³/mol. The molecular weight excluding hydrogens is 462 g/mol. The summed E-state index contributed by atoms with van der Waals surface area (Å²) in [4.78, 5) is 12.5. The molecule has 0 spiro atoms. The highest BCUT2D eigenvalue weighted by atomic mass is 79.9. The second kappa shape index (κ2) is 9.17. The fourth-order valence-corrected chi connectivity index (χ4v) is 3.33. The minimum absolute atomic E-state index is 0.206. The Morgan fingerprint density at radius 2 is 1.94 bits per heavy atom. The third-order valence-corrected chi connectivity index (χ3v) is 5.31. The van der Waals surface area contributed by atoms with E-state index in [0.717, 1.165) is 28.0 Å². The fraction of sp³-hybridized carbons (Fsp3) is 0.238. The van der Waals surface area contributed by atoms with E-state index < -0.39 is 0 Å². The quantitative estimate of drug-likeness (QED) is 0.412.